The highest BCUT2D eigenvalue weighted by Gasteiger charge is 2.30. The fraction of sp³-hybridized carbons (Fsp3) is 0.615. The fourth-order valence-electron chi connectivity index (χ4n) is 1.74. The molecule has 0 aliphatic carbocycles. The van der Waals surface area contributed by atoms with Crippen molar-refractivity contribution in [2.24, 2.45) is 0 Å². The number of hydrogen-bond acceptors (Lipinski definition) is 3. The van der Waals surface area contributed by atoms with E-state index in [-0.39, 0.29) is 11.6 Å². The molecule has 3 heteroatoms. The van der Waals surface area contributed by atoms with Crippen LogP contribution in [0.15, 0.2) is 18.3 Å². The Balaban J connectivity index is 2.97. The molecule has 3 nitrogen and oxygen atoms in total. The molecule has 0 amide bonds. The zero-order chi connectivity index (χ0) is 12.2. The minimum atomic E-state index is -0.243. The average molecular weight is 222 g/mol. The minimum Gasteiger partial charge on any atom is -0.377 e. The second kappa shape index (κ2) is 5.41. The Kier molecular flexibility index (Phi) is 4.44. The summed E-state index contributed by atoms with van der Waals surface area (Å²) in [6.07, 6.45) is 1.92. The molecule has 90 valence electrons. The van der Waals surface area contributed by atoms with Crippen molar-refractivity contribution in [3.63, 3.8) is 0 Å². The van der Waals surface area contributed by atoms with Gasteiger partial charge in [-0.25, -0.2) is 0 Å². The van der Waals surface area contributed by atoms with Crippen LogP contribution in [0.1, 0.15) is 38.1 Å². The number of hydrogen-bond donors (Lipinski definition) is 1. The summed E-state index contributed by atoms with van der Waals surface area (Å²) in [6, 6.07) is 4.30. The summed E-state index contributed by atoms with van der Waals surface area (Å²) in [6.45, 7) is 9.17. The topological polar surface area (TPSA) is 34.2 Å². The molecule has 1 unspecified atom stereocenters. The Hall–Kier alpha value is -0.930. The fourth-order valence-corrected chi connectivity index (χ4v) is 1.74. The molecule has 0 saturated carbocycles. The summed E-state index contributed by atoms with van der Waals surface area (Å²) >= 11 is 0. The standard InChI is InChI=1S/C13H22N2O/c1-6-14-12(13(3,4)16-5)11-8-7-10(2)15-9-11/h7-9,12,14H,6H2,1-5H3. The number of aromatic nitrogens is 1. The van der Waals surface area contributed by atoms with Crippen LogP contribution in [0.25, 0.3) is 0 Å². The molecular weight excluding hydrogens is 200 g/mol. The second-order valence-corrected chi connectivity index (χ2v) is 4.53. The second-order valence-electron chi connectivity index (χ2n) is 4.53. The molecule has 1 aromatic rings. The largest absolute Gasteiger partial charge is 0.377 e. The monoisotopic (exact) mass is 222 g/mol. The van der Waals surface area contributed by atoms with E-state index < -0.39 is 0 Å². The predicted octanol–water partition coefficient (Wildman–Crippen LogP) is 2.47. The van der Waals surface area contributed by atoms with Crippen molar-refractivity contribution in [1.82, 2.24) is 10.3 Å². The summed E-state index contributed by atoms with van der Waals surface area (Å²) in [4.78, 5) is 4.33. The van der Waals surface area contributed by atoms with Crippen molar-refractivity contribution in [3.05, 3.63) is 29.6 Å². The van der Waals surface area contributed by atoms with Gasteiger partial charge in [0.1, 0.15) is 0 Å². The van der Waals surface area contributed by atoms with Crippen LogP contribution in [0.5, 0.6) is 0 Å². The van der Waals surface area contributed by atoms with Crippen molar-refractivity contribution >= 4 is 0 Å². The first-order valence-corrected chi connectivity index (χ1v) is 5.72. The van der Waals surface area contributed by atoms with Crippen molar-refractivity contribution < 1.29 is 4.74 Å². The molecule has 0 spiro atoms. The zero-order valence-electron chi connectivity index (χ0n) is 10.9. The molecule has 0 saturated heterocycles. The van der Waals surface area contributed by atoms with Gasteiger partial charge in [0.2, 0.25) is 0 Å². The number of aryl methyl sites for hydroxylation is 1. The molecule has 0 aromatic carbocycles. The lowest BCUT2D eigenvalue weighted by Crippen LogP contribution is -2.40. The number of pyridine rings is 1. The molecule has 0 aliphatic rings. The Morgan fingerprint density at radius 1 is 1.44 bits per heavy atom. The lowest BCUT2D eigenvalue weighted by Gasteiger charge is -2.33. The third-order valence-electron chi connectivity index (χ3n) is 2.90. The van der Waals surface area contributed by atoms with E-state index in [2.05, 4.69) is 37.1 Å². The Morgan fingerprint density at radius 2 is 2.12 bits per heavy atom. The van der Waals surface area contributed by atoms with Gasteiger partial charge in [-0.1, -0.05) is 13.0 Å². The molecule has 1 aromatic heterocycles. The SMILES string of the molecule is CCNC(c1ccc(C)nc1)C(C)(C)OC. The van der Waals surface area contributed by atoms with E-state index in [0.29, 0.717) is 0 Å². The van der Waals surface area contributed by atoms with Gasteiger partial charge in [0.25, 0.3) is 0 Å². The summed E-state index contributed by atoms with van der Waals surface area (Å²) in [7, 11) is 1.74. The number of nitrogens with one attached hydrogen (secondary N) is 1. The van der Waals surface area contributed by atoms with Crippen LogP contribution in [0.4, 0.5) is 0 Å². The lowest BCUT2D eigenvalue weighted by molar-refractivity contribution is -0.0107. The number of methoxy groups -OCH3 is 1. The van der Waals surface area contributed by atoms with Crippen LogP contribution >= 0.6 is 0 Å². The quantitative estimate of drug-likeness (QED) is 0.831. The van der Waals surface area contributed by atoms with Crippen LogP contribution in [0, 0.1) is 6.92 Å². The summed E-state index contributed by atoms with van der Waals surface area (Å²) in [5.74, 6) is 0. The minimum absolute atomic E-state index is 0.163. The summed E-state index contributed by atoms with van der Waals surface area (Å²) in [5.41, 5.74) is 1.96. The Labute approximate surface area is 98.2 Å². The highest BCUT2D eigenvalue weighted by atomic mass is 16.5. The van der Waals surface area contributed by atoms with Gasteiger partial charge in [-0.15, -0.1) is 0 Å². The zero-order valence-corrected chi connectivity index (χ0v) is 10.9. The first-order chi connectivity index (χ1) is 7.51. The first-order valence-electron chi connectivity index (χ1n) is 5.72. The Morgan fingerprint density at radius 3 is 2.56 bits per heavy atom. The highest BCUT2D eigenvalue weighted by molar-refractivity contribution is 5.20. The van der Waals surface area contributed by atoms with Crippen molar-refractivity contribution in [2.45, 2.75) is 39.3 Å². The van der Waals surface area contributed by atoms with Crippen molar-refractivity contribution in [3.8, 4) is 0 Å². The van der Waals surface area contributed by atoms with Gasteiger partial charge >= 0.3 is 0 Å². The van der Waals surface area contributed by atoms with Gasteiger partial charge in [-0.3, -0.25) is 4.98 Å². The summed E-state index contributed by atoms with van der Waals surface area (Å²) in [5, 5.41) is 3.44. The molecule has 0 fully saturated rings. The maximum Gasteiger partial charge on any atom is 0.0817 e. The van der Waals surface area contributed by atoms with Gasteiger partial charge in [-0.05, 0) is 38.9 Å². The molecule has 1 atom stereocenters. The number of nitrogens with zero attached hydrogens (tertiary/aromatic N) is 1. The van der Waals surface area contributed by atoms with E-state index in [1.165, 1.54) is 5.56 Å². The van der Waals surface area contributed by atoms with Gasteiger partial charge in [0.15, 0.2) is 0 Å². The van der Waals surface area contributed by atoms with Gasteiger partial charge in [0.05, 0.1) is 11.6 Å². The third-order valence-corrected chi connectivity index (χ3v) is 2.90. The molecule has 16 heavy (non-hydrogen) atoms. The van der Waals surface area contributed by atoms with E-state index >= 15 is 0 Å². The summed E-state index contributed by atoms with van der Waals surface area (Å²) < 4.78 is 5.55. The molecule has 0 radical (unpaired) electrons. The van der Waals surface area contributed by atoms with E-state index in [0.717, 1.165) is 12.2 Å². The number of ether oxygens (including phenoxy) is 1. The Bertz CT molecular complexity index is 319. The predicted molar refractivity (Wildman–Crippen MR) is 66.5 cm³/mol. The van der Waals surface area contributed by atoms with Crippen LogP contribution in [0.3, 0.4) is 0 Å². The molecule has 0 aliphatic heterocycles. The van der Waals surface area contributed by atoms with Crippen LogP contribution in [0.2, 0.25) is 0 Å². The van der Waals surface area contributed by atoms with Gasteiger partial charge in [-0.2, -0.15) is 0 Å². The molecule has 1 rings (SSSR count). The first kappa shape index (κ1) is 13.1. The normalized spacial score (nSPS) is 13.8. The average Bonchev–Trinajstić information content (AvgIpc) is 2.27. The smallest absolute Gasteiger partial charge is 0.0817 e. The van der Waals surface area contributed by atoms with Crippen LogP contribution < -0.4 is 5.32 Å². The molecular formula is C13H22N2O. The van der Waals surface area contributed by atoms with Gasteiger partial charge < -0.3 is 10.1 Å². The van der Waals surface area contributed by atoms with E-state index in [1.54, 1.807) is 7.11 Å². The highest BCUT2D eigenvalue weighted by Crippen LogP contribution is 2.27. The third kappa shape index (κ3) is 3.03. The van der Waals surface area contributed by atoms with Crippen LogP contribution in [-0.4, -0.2) is 24.2 Å². The molecule has 0 bridgehead atoms. The van der Waals surface area contributed by atoms with Gasteiger partial charge in [0, 0.05) is 19.0 Å². The molecule has 1 N–H and O–H groups in total. The number of likely N-dealkylation sites (N-methyl/N-ethyl adjacent to an activating group) is 1. The lowest BCUT2D eigenvalue weighted by atomic mass is 9.92. The van der Waals surface area contributed by atoms with Crippen molar-refractivity contribution in [2.75, 3.05) is 13.7 Å². The van der Waals surface area contributed by atoms with Crippen LogP contribution in [-0.2, 0) is 4.74 Å². The van der Waals surface area contributed by atoms with Crippen molar-refractivity contribution in [1.29, 1.82) is 0 Å². The number of rotatable bonds is 5. The van der Waals surface area contributed by atoms with E-state index in [1.807, 2.05) is 19.2 Å². The van der Waals surface area contributed by atoms with E-state index in [9.17, 15) is 0 Å². The molecule has 1 heterocycles. The maximum absolute atomic E-state index is 5.55. The maximum atomic E-state index is 5.55. The van der Waals surface area contributed by atoms with E-state index in [4.69, 9.17) is 4.74 Å².